The van der Waals surface area contributed by atoms with Gasteiger partial charge in [0.15, 0.2) is 0 Å². The Morgan fingerprint density at radius 1 is 1.29 bits per heavy atom. The molecule has 1 atom stereocenters. The van der Waals surface area contributed by atoms with E-state index >= 15 is 0 Å². The molecule has 0 saturated heterocycles. The van der Waals surface area contributed by atoms with Crippen LogP contribution in [0, 0.1) is 5.41 Å². The minimum absolute atomic E-state index is 0.00456. The zero-order valence-electron chi connectivity index (χ0n) is 13.1. The molecule has 4 nitrogen and oxygen atoms in total. The first kappa shape index (κ1) is 17.7. The van der Waals surface area contributed by atoms with Crippen LogP contribution in [0.1, 0.15) is 38.7 Å². The third-order valence-corrected chi connectivity index (χ3v) is 3.76. The minimum Gasteiger partial charge on any atom is -0.394 e. The summed E-state index contributed by atoms with van der Waals surface area (Å²) in [5, 5.41) is 12.3. The third kappa shape index (κ3) is 7.25. The van der Waals surface area contributed by atoms with Crippen LogP contribution in [0.4, 0.5) is 0 Å². The Morgan fingerprint density at radius 3 is 2.52 bits per heavy atom. The summed E-state index contributed by atoms with van der Waals surface area (Å²) in [5.74, 6) is -0.00456. The quantitative estimate of drug-likeness (QED) is 0.650. The first-order chi connectivity index (χ1) is 9.96. The molecule has 0 heterocycles. The average Bonchev–Trinajstić information content (AvgIpc) is 2.45. The lowest BCUT2D eigenvalue weighted by Gasteiger charge is -2.24. The molecule has 0 spiro atoms. The van der Waals surface area contributed by atoms with E-state index < -0.39 is 0 Å². The Labute approximate surface area is 127 Å². The predicted octanol–water partition coefficient (Wildman–Crippen LogP) is 1.86. The van der Waals surface area contributed by atoms with E-state index in [1.54, 1.807) is 0 Å². The lowest BCUT2D eigenvalue weighted by Crippen LogP contribution is -2.39. The number of carbonyl (C=O) groups is 1. The Hall–Kier alpha value is -1.39. The molecule has 0 radical (unpaired) electrons. The van der Waals surface area contributed by atoms with Crippen LogP contribution in [0.25, 0.3) is 0 Å². The van der Waals surface area contributed by atoms with Crippen molar-refractivity contribution in [2.24, 2.45) is 11.1 Å². The highest BCUT2D eigenvalue weighted by Crippen LogP contribution is 2.25. The van der Waals surface area contributed by atoms with Gasteiger partial charge in [-0.1, -0.05) is 44.2 Å². The minimum atomic E-state index is -0.225. The van der Waals surface area contributed by atoms with Crippen molar-refractivity contribution in [1.82, 2.24) is 5.32 Å². The molecule has 1 aromatic carbocycles. The summed E-state index contributed by atoms with van der Waals surface area (Å²) in [6.45, 7) is 4.84. The Balaban J connectivity index is 2.41. The molecule has 0 aromatic heterocycles. The normalized spacial score (nSPS) is 13.0. The van der Waals surface area contributed by atoms with Crippen molar-refractivity contribution < 1.29 is 9.90 Å². The third-order valence-electron chi connectivity index (χ3n) is 3.76. The monoisotopic (exact) mass is 292 g/mol. The predicted molar refractivity (Wildman–Crippen MR) is 85.8 cm³/mol. The second-order valence-corrected chi connectivity index (χ2v) is 6.34. The van der Waals surface area contributed by atoms with Gasteiger partial charge in [-0.25, -0.2) is 0 Å². The molecule has 0 fully saturated rings. The molecule has 21 heavy (non-hydrogen) atoms. The fourth-order valence-electron chi connectivity index (χ4n) is 2.33. The first-order valence-corrected chi connectivity index (χ1v) is 7.61. The molecule has 0 bridgehead atoms. The maximum atomic E-state index is 12.0. The van der Waals surface area contributed by atoms with Crippen LogP contribution >= 0.6 is 0 Å². The number of aliphatic hydroxyl groups is 1. The van der Waals surface area contributed by atoms with E-state index in [-0.39, 0.29) is 24.0 Å². The van der Waals surface area contributed by atoms with Crippen LogP contribution in [-0.2, 0) is 11.2 Å². The van der Waals surface area contributed by atoms with Crippen LogP contribution in [-0.4, -0.2) is 30.2 Å². The van der Waals surface area contributed by atoms with E-state index in [2.05, 4.69) is 19.2 Å². The lowest BCUT2D eigenvalue weighted by atomic mass is 9.84. The first-order valence-electron chi connectivity index (χ1n) is 7.61. The van der Waals surface area contributed by atoms with E-state index in [0.29, 0.717) is 19.4 Å². The largest absolute Gasteiger partial charge is 0.394 e. The summed E-state index contributed by atoms with van der Waals surface area (Å²) >= 11 is 0. The highest BCUT2D eigenvalue weighted by Gasteiger charge is 2.19. The number of hydrogen-bond donors (Lipinski definition) is 3. The van der Waals surface area contributed by atoms with Crippen LogP contribution in [0.2, 0.25) is 0 Å². The van der Waals surface area contributed by atoms with Gasteiger partial charge in [-0.05, 0) is 36.8 Å². The SMILES string of the molecule is CC(C)(CCN)CCC(=O)N[C@H](CO)Cc1ccccc1. The van der Waals surface area contributed by atoms with Crippen molar-refractivity contribution in [3.05, 3.63) is 35.9 Å². The van der Waals surface area contributed by atoms with E-state index in [1.807, 2.05) is 30.3 Å². The molecule has 0 saturated carbocycles. The number of amides is 1. The molecule has 0 unspecified atom stereocenters. The van der Waals surface area contributed by atoms with Crippen molar-refractivity contribution in [1.29, 1.82) is 0 Å². The van der Waals surface area contributed by atoms with Crippen molar-refractivity contribution in [2.75, 3.05) is 13.2 Å². The van der Waals surface area contributed by atoms with Gasteiger partial charge in [0.1, 0.15) is 0 Å². The Kier molecular flexibility index (Phi) is 7.40. The zero-order chi connectivity index (χ0) is 15.7. The molecule has 4 N–H and O–H groups in total. The number of aliphatic hydroxyl groups excluding tert-OH is 1. The molecule has 0 aliphatic heterocycles. The van der Waals surface area contributed by atoms with Gasteiger partial charge in [0.05, 0.1) is 12.6 Å². The average molecular weight is 292 g/mol. The van der Waals surface area contributed by atoms with Gasteiger partial charge in [0.2, 0.25) is 5.91 Å². The van der Waals surface area contributed by atoms with Crippen molar-refractivity contribution >= 4 is 5.91 Å². The summed E-state index contributed by atoms with van der Waals surface area (Å²) in [5.41, 5.74) is 6.77. The summed E-state index contributed by atoms with van der Waals surface area (Å²) in [6.07, 6.45) is 2.83. The lowest BCUT2D eigenvalue weighted by molar-refractivity contribution is -0.122. The van der Waals surface area contributed by atoms with Gasteiger partial charge in [-0.2, -0.15) is 0 Å². The fourth-order valence-corrected chi connectivity index (χ4v) is 2.33. The molecule has 1 aromatic rings. The van der Waals surface area contributed by atoms with E-state index in [9.17, 15) is 9.90 Å². The Bertz CT molecular complexity index is 418. The number of benzene rings is 1. The molecular weight excluding hydrogens is 264 g/mol. The van der Waals surface area contributed by atoms with Crippen molar-refractivity contribution in [3.8, 4) is 0 Å². The molecular formula is C17H28N2O2. The number of nitrogens with one attached hydrogen (secondary N) is 1. The fraction of sp³-hybridized carbons (Fsp3) is 0.588. The van der Waals surface area contributed by atoms with Gasteiger partial charge in [-0.3, -0.25) is 4.79 Å². The highest BCUT2D eigenvalue weighted by molar-refractivity contribution is 5.76. The highest BCUT2D eigenvalue weighted by atomic mass is 16.3. The van der Waals surface area contributed by atoms with Gasteiger partial charge in [-0.15, -0.1) is 0 Å². The van der Waals surface area contributed by atoms with Gasteiger partial charge < -0.3 is 16.2 Å². The Morgan fingerprint density at radius 2 is 1.95 bits per heavy atom. The topological polar surface area (TPSA) is 75.4 Å². The van der Waals surface area contributed by atoms with E-state index in [4.69, 9.17) is 5.73 Å². The number of rotatable bonds is 9. The second-order valence-electron chi connectivity index (χ2n) is 6.34. The van der Waals surface area contributed by atoms with Crippen molar-refractivity contribution in [3.63, 3.8) is 0 Å². The van der Waals surface area contributed by atoms with Crippen molar-refractivity contribution in [2.45, 2.75) is 45.6 Å². The van der Waals surface area contributed by atoms with E-state index in [0.717, 1.165) is 18.4 Å². The number of nitrogens with two attached hydrogens (primary N) is 1. The molecule has 0 aliphatic rings. The van der Waals surface area contributed by atoms with Gasteiger partial charge >= 0.3 is 0 Å². The number of hydrogen-bond acceptors (Lipinski definition) is 3. The molecule has 0 aliphatic carbocycles. The van der Waals surface area contributed by atoms with Crippen LogP contribution in [0.5, 0.6) is 0 Å². The van der Waals surface area contributed by atoms with Crippen LogP contribution in [0.3, 0.4) is 0 Å². The zero-order valence-corrected chi connectivity index (χ0v) is 13.1. The summed E-state index contributed by atoms with van der Waals surface area (Å²) in [7, 11) is 0. The number of carbonyl (C=O) groups excluding carboxylic acids is 1. The van der Waals surface area contributed by atoms with E-state index in [1.165, 1.54) is 0 Å². The van der Waals surface area contributed by atoms with Gasteiger partial charge in [0, 0.05) is 6.42 Å². The summed E-state index contributed by atoms with van der Waals surface area (Å²) in [4.78, 5) is 12.0. The smallest absolute Gasteiger partial charge is 0.220 e. The molecule has 4 heteroatoms. The molecule has 1 amide bonds. The summed E-state index contributed by atoms with van der Waals surface area (Å²) < 4.78 is 0. The molecule has 1 rings (SSSR count). The maximum absolute atomic E-state index is 12.0. The molecule has 118 valence electrons. The second kappa shape index (κ2) is 8.80. The standard InChI is InChI=1S/C17H28N2O2/c1-17(2,10-11-18)9-8-16(21)19-15(13-20)12-14-6-4-3-5-7-14/h3-7,15,20H,8-13,18H2,1-2H3,(H,19,21)/t15-/m0/s1. The van der Waals surface area contributed by atoms with Gasteiger partial charge in [0.25, 0.3) is 0 Å². The van der Waals surface area contributed by atoms with Crippen LogP contribution < -0.4 is 11.1 Å². The van der Waals surface area contributed by atoms with Crippen LogP contribution in [0.15, 0.2) is 30.3 Å². The summed E-state index contributed by atoms with van der Waals surface area (Å²) in [6, 6.07) is 9.65. The maximum Gasteiger partial charge on any atom is 0.220 e.